The Morgan fingerprint density at radius 3 is 2.38 bits per heavy atom. The van der Waals surface area contributed by atoms with E-state index in [-0.39, 0.29) is 17.3 Å². The van der Waals surface area contributed by atoms with Crippen molar-refractivity contribution in [2.75, 3.05) is 6.61 Å². The van der Waals surface area contributed by atoms with Crippen molar-refractivity contribution in [2.45, 2.75) is 59.0 Å². The molecular weight excluding hydrogens is 204 g/mol. The van der Waals surface area contributed by atoms with Gasteiger partial charge in [0.25, 0.3) is 0 Å². The summed E-state index contributed by atoms with van der Waals surface area (Å²) in [6.45, 7) is 8.40. The molecule has 0 saturated heterocycles. The third-order valence-corrected chi connectivity index (χ3v) is 3.65. The lowest BCUT2D eigenvalue weighted by molar-refractivity contribution is -0.158. The van der Waals surface area contributed by atoms with E-state index in [1.54, 1.807) is 6.92 Å². The molecule has 1 N–H and O–H groups in total. The molecule has 0 bridgehead atoms. The second-order valence-electron chi connectivity index (χ2n) is 5.66. The van der Waals surface area contributed by atoms with Gasteiger partial charge in [-0.15, -0.1) is 0 Å². The largest absolute Gasteiger partial charge is 0.466 e. The van der Waals surface area contributed by atoms with Gasteiger partial charge in [-0.3, -0.25) is 4.79 Å². The quantitative estimate of drug-likeness (QED) is 0.752. The molecule has 0 radical (unpaired) electrons. The van der Waals surface area contributed by atoms with Gasteiger partial charge >= 0.3 is 5.97 Å². The van der Waals surface area contributed by atoms with E-state index in [0.29, 0.717) is 25.9 Å². The fourth-order valence-electron chi connectivity index (χ4n) is 2.87. The maximum atomic E-state index is 11.8. The first-order valence-electron chi connectivity index (χ1n) is 6.23. The van der Waals surface area contributed by atoms with Crippen LogP contribution in [0.2, 0.25) is 0 Å². The van der Waals surface area contributed by atoms with E-state index in [2.05, 4.69) is 13.8 Å². The average molecular weight is 228 g/mol. The number of aliphatic hydroxyl groups is 1. The van der Waals surface area contributed by atoms with Crippen molar-refractivity contribution in [1.82, 2.24) is 0 Å². The van der Waals surface area contributed by atoms with E-state index in [1.807, 2.05) is 6.92 Å². The van der Waals surface area contributed by atoms with E-state index >= 15 is 0 Å². The molecule has 0 aromatic rings. The molecule has 94 valence electrons. The molecule has 3 heteroatoms. The van der Waals surface area contributed by atoms with Crippen molar-refractivity contribution >= 4 is 5.97 Å². The highest BCUT2D eigenvalue weighted by Gasteiger charge is 2.49. The minimum absolute atomic E-state index is 0.134. The van der Waals surface area contributed by atoms with Crippen molar-refractivity contribution in [2.24, 2.45) is 11.3 Å². The van der Waals surface area contributed by atoms with E-state index < -0.39 is 5.60 Å². The molecule has 0 aromatic heterocycles. The van der Waals surface area contributed by atoms with Gasteiger partial charge < -0.3 is 9.84 Å². The van der Waals surface area contributed by atoms with Gasteiger partial charge in [0.15, 0.2) is 0 Å². The number of ether oxygens (including phenoxy) is 1. The molecule has 0 heterocycles. The molecule has 0 aromatic carbocycles. The molecule has 1 aliphatic rings. The summed E-state index contributed by atoms with van der Waals surface area (Å²) in [5, 5.41) is 10.6. The Bertz CT molecular complexity index is 260. The Balaban J connectivity index is 2.77. The zero-order valence-corrected chi connectivity index (χ0v) is 10.9. The molecule has 0 aliphatic heterocycles. The maximum Gasteiger partial charge on any atom is 0.311 e. The molecule has 2 unspecified atom stereocenters. The summed E-state index contributed by atoms with van der Waals surface area (Å²) in [6, 6.07) is 0. The molecule has 3 nitrogen and oxygen atoms in total. The maximum absolute atomic E-state index is 11.8. The number of carbonyl (C=O) groups is 1. The van der Waals surface area contributed by atoms with Crippen molar-refractivity contribution < 1.29 is 14.6 Å². The summed E-state index contributed by atoms with van der Waals surface area (Å²) in [4.78, 5) is 11.8. The normalized spacial score (nSPS) is 30.1. The van der Waals surface area contributed by atoms with Crippen LogP contribution in [0.1, 0.15) is 53.4 Å². The average Bonchev–Trinajstić information content (AvgIpc) is 2.42. The Kier molecular flexibility index (Phi) is 4.00. The second kappa shape index (κ2) is 4.74. The van der Waals surface area contributed by atoms with Gasteiger partial charge in [-0.05, 0) is 38.0 Å². The van der Waals surface area contributed by atoms with Crippen LogP contribution in [0, 0.1) is 11.3 Å². The topological polar surface area (TPSA) is 46.5 Å². The summed E-state index contributed by atoms with van der Waals surface area (Å²) < 4.78 is 5.04. The van der Waals surface area contributed by atoms with Crippen LogP contribution in [0.3, 0.4) is 0 Å². The minimum atomic E-state index is -0.857. The van der Waals surface area contributed by atoms with Crippen LogP contribution in [0.15, 0.2) is 0 Å². The van der Waals surface area contributed by atoms with Crippen molar-refractivity contribution in [1.29, 1.82) is 0 Å². The molecular formula is C13H24O3. The summed E-state index contributed by atoms with van der Waals surface area (Å²) in [5.41, 5.74) is -0.723. The van der Waals surface area contributed by atoms with E-state index in [0.717, 1.165) is 6.42 Å². The SMILES string of the molecule is CCOC(=O)C(CC)C1(O)CCC(C)(C)C1. The Morgan fingerprint density at radius 1 is 1.38 bits per heavy atom. The number of esters is 1. The third kappa shape index (κ3) is 2.76. The monoisotopic (exact) mass is 228 g/mol. The van der Waals surface area contributed by atoms with Gasteiger partial charge in [0.1, 0.15) is 0 Å². The van der Waals surface area contributed by atoms with Gasteiger partial charge in [-0.1, -0.05) is 20.8 Å². The summed E-state index contributed by atoms with van der Waals surface area (Å²) in [6.07, 6.45) is 3.01. The Morgan fingerprint density at radius 2 is 2.00 bits per heavy atom. The fourth-order valence-corrected chi connectivity index (χ4v) is 2.87. The molecule has 1 rings (SSSR count). The van der Waals surface area contributed by atoms with Crippen molar-refractivity contribution in [3.8, 4) is 0 Å². The molecule has 0 spiro atoms. The smallest absolute Gasteiger partial charge is 0.311 e. The Labute approximate surface area is 98.2 Å². The first-order valence-corrected chi connectivity index (χ1v) is 6.23. The van der Waals surface area contributed by atoms with Gasteiger partial charge in [0.2, 0.25) is 0 Å². The van der Waals surface area contributed by atoms with Crippen molar-refractivity contribution in [3.05, 3.63) is 0 Å². The van der Waals surface area contributed by atoms with Crippen LogP contribution in [0.5, 0.6) is 0 Å². The summed E-state index contributed by atoms with van der Waals surface area (Å²) >= 11 is 0. The van der Waals surface area contributed by atoms with E-state index in [4.69, 9.17) is 4.74 Å². The van der Waals surface area contributed by atoms with Gasteiger partial charge in [-0.25, -0.2) is 0 Å². The van der Waals surface area contributed by atoms with E-state index in [1.165, 1.54) is 0 Å². The third-order valence-electron chi connectivity index (χ3n) is 3.65. The van der Waals surface area contributed by atoms with Gasteiger partial charge in [0, 0.05) is 0 Å². The van der Waals surface area contributed by atoms with Crippen LogP contribution >= 0.6 is 0 Å². The number of rotatable bonds is 4. The molecule has 1 fully saturated rings. The highest BCUT2D eigenvalue weighted by atomic mass is 16.5. The lowest BCUT2D eigenvalue weighted by Crippen LogP contribution is -2.41. The molecule has 16 heavy (non-hydrogen) atoms. The van der Waals surface area contributed by atoms with Crippen LogP contribution in [-0.4, -0.2) is 23.3 Å². The van der Waals surface area contributed by atoms with Crippen molar-refractivity contribution in [3.63, 3.8) is 0 Å². The lowest BCUT2D eigenvalue weighted by atomic mass is 9.80. The van der Waals surface area contributed by atoms with Gasteiger partial charge in [0.05, 0.1) is 18.1 Å². The molecule has 2 atom stereocenters. The second-order valence-corrected chi connectivity index (χ2v) is 5.66. The van der Waals surface area contributed by atoms with Crippen LogP contribution < -0.4 is 0 Å². The zero-order valence-electron chi connectivity index (χ0n) is 10.9. The van der Waals surface area contributed by atoms with Crippen LogP contribution in [0.4, 0.5) is 0 Å². The number of hydrogen-bond donors (Lipinski definition) is 1. The number of carbonyl (C=O) groups excluding carboxylic acids is 1. The number of hydrogen-bond acceptors (Lipinski definition) is 3. The Hall–Kier alpha value is -0.570. The highest BCUT2D eigenvalue weighted by Crippen LogP contribution is 2.48. The minimum Gasteiger partial charge on any atom is -0.466 e. The molecule has 1 saturated carbocycles. The van der Waals surface area contributed by atoms with Crippen LogP contribution in [-0.2, 0) is 9.53 Å². The predicted octanol–water partition coefficient (Wildman–Crippen LogP) is 2.52. The molecule has 1 aliphatic carbocycles. The zero-order chi connectivity index (χ0) is 12.4. The fraction of sp³-hybridized carbons (Fsp3) is 0.923. The van der Waals surface area contributed by atoms with E-state index in [9.17, 15) is 9.90 Å². The first-order chi connectivity index (χ1) is 7.34. The predicted molar refractivity (Wildman–Crippen MR) is 63.0 cm³/mol. The highest BCUT2D eigenvalue weighted by molar-refractivity contribution is 5.74. The summed E-state index contributed by atoms with van der Waals surface area (Å²) in [7, 11) is 0. The summed E-state index contributed by atoms with van der Waals surface area (Å²) in [5.74, 6) is -0.612. The standard InChI is InChI=1S/C13H24O3/c1-5-10(11(14)16-6-2)13(15)8-7-12(3,4)9-13/h10,15H,5-9H2,1-4H3. The molecule has 0 amide bonds. The lowest BCUT2D eigenvalue weighted by Gasteiger charge is -2.31. The van der Waals surface area contributed by atoms with Crippen LogP contribution in [0.25, 0.3) is 0 Å². The van der Waals surface area contributed by atoms with Gasteiger partial charge in [-0.2, -0.15) is 0 Å². The first kappa shape index (κ1) is 13.5.